The molecule has 16 heavy (non-hydrogen) atoms. The summed E-state index contributed by atoms with van der Waals surface area (Å²) in [4.78, 5) is 5.27. The fourth-order valence-electron chi connectivity index (χ4n) is 1.19. The highest BCUT2D eigenvalue weighted by Gasteiger charge is 2.01. The SMILES string of the molecule is NCc1cnc(COc2ccc(Cl)cc2)s1. The second-order valence-electron chi connectivity index (χ2n) is 3.17. The van der Waals surface area contributed by atoms with Crippen LogP contribution in [0, 0.1) is 0 Å². The summed E-state index contributed by atoms with van der Waals surface area (Å²) in [6.45, 7) is 0.991. The van der Waals surface area contributed by atoms with Crippen LogP contribution in [0.2, 0.25) is 5.02 Å². The minimum atomic E-state index is 0.465. The van der Waals surface area contributed by atoms with Gasteiger partial charge in [0.1, 0.15) is 17.4 Å². The molecular weight excluding hydrogens is 244 g/mol. The Bertz CT molecular complexity index is 455. The normalized spacial score (nSPS) is 10.4. The largest absolute Gasteiger partial charge is 0.486 e. The molecule has 0 aliphatic carbocycles. The predicted molar refractivity (Wildman–Crippen MR) is 65.8 cm³/mol. The Balaban J connectivity index is 1.94. The average molecular weight is 255 g/mol. The van der Waals surface area contributed by atoms with Crippen LogP contribution in [0.4, 0.5) is 0 Å². The minimum absolute atomic E-state index is 0.465. The van der Waals surface area contributed by atoms with Crippen LogP contribution in [-0.2, 0) is 13.2 Å². The summed E-state index contributed by atoms with van der Waals surface area (Å²) in [6.07, 6.45) is 1.78. The van der Waals surface area contributed by atoms with Crippen LogP contribution in [0.1, 0.15) is 9.88 Å². The number of benzene rings is 1. The van der Waals surface area contributed by atoms with Crippen molar-refractivity contribution in [1.82, 2.24) is 4.98 Å². The van der Waals surface area contributed by atoms with Crippen molar-refractivity contribution < 1.29 is 4.74 Å². The van der Waals surface area contributed by atoms with E-state index in [4.69, 9.17) is 22.1 Å². The zero-order valence-electron chi connectivity index (χ0n) is 8.52. The first-order chi connectivity index (χ1) is 7.78. The molecule has 0 spiro atoms. The van der Waals surface area contributed by atoms with Gasteiger partial charge in [0.25, 0.3) is 0 Å². The smallest absolute Gasteiger partial charge is 0.140 e. The van der Waals surface area contributed by atoms with Gasteiger partial charge in [-0.1, -0.05) is 11.6 Å². The van der Waals surface area contributed by atoms with Gasteiger partial charge in [0.05, 0.1) is 0 Å². The molecule has 2 rings (SSSR count). The third kappa shape index (κ3) is 2.95. The van der Waals surface area contributed by atoms with Crippen LogP contribution < -0.4 is 10.5 Å². The van der Waals surface area contributed by atoms with Crippen molar-refractivity contribution in [2.45, 2.75) is 13.2 Å². The Labute approximate surface area is 103 Å². The number of halogens is 1. The van der Waals surface area contributed by atoms with Gasteiger partial charge in [-0.3, -0.25) is 0 Å². The summed E-state index contributed by atoms with van der Waals surface area (Å²) in [5.74, 6) is 0.786. The van der Waals surface area contributed by atoms with E-state index in [-0.39, 0.29) is 0 Å². The first kappa shape index (κ1) is 11.4. The first-order valence-electron chi connectivity index (χ1n) is 4.80. The van der Waals surface area contributed by atoms with Gasteiger partial charge in [-0.05, 0) is 24.3 Å². The highest BCUT2D eigenvalue weighted by Crippen LogP contribution is 2.18. The lowest BCUT2D eigenvalue weighted by atomic mass is 10.3. The number of thiazole rings is 1. The fourth-order valence-corrected chi connectivity index (χ4v) is 2.03. The van der Waals surface area contributed by atoms with Gasteiger partial charge >= 0.3 is 0 Å². The maximum Gasteiger partial charge on any atom is 0.140 e. The summed E-state index contributed by atoms with van der Waals surface area (Å²) in [5.41, 5.74) is 5.50. The Morgan fingerprint density at radius 2 is 2.06 bits per heavy atom. The molecular formula is C11H11ClN2OS. The number of ether oxygens (including phenoxy) is 1. The maximum absolute atomic E-state index is 5.77. The molecule has 0 aliphatic rings. The van der Waals surface area contributed by atoms with Crippen molar-refractivity contribution in [2.75, 3.05) is 0 Å². The molecule has 0 bridgehead atoms. The van der Waals surface area contributed by atoms with Crippen molar-refractivity contribution in [3.8, 4) is 5.75 Å². The molecule has 0 amide bonds. The van der Waals surface area contributed by atoms with E-state index in [0.29, 0.717) is 18.2 Å². The number of nitrogens with zero attached hydrogens (tertiary/aromatic N) is 1. The number of rotatable bonds is 4. The molecule has 1 aromatic carbocycles. The maximum atomic E-state index is 5.77. The summed E-state index contributed by atoms with van der Waals surface area (Å²) in [6, 6.07) is 7.26. The van der Waals surface area contributed by atoms with Gasteiger partial charge in [-0.25, -0.2) is 4.98 Å². The minimum Gasteiger partial charge on any atom is -0.486 e. The van der Waals surface area contributed by atoms with Gasteiger partial charge in [-0.15, -0.1) is 11.3 Å². The van der Waals surface area contributed by atoms with E-state index in [1.165, 1.54) is 0 Å². The van der Waals surface area contributed by atoms with Gasteiger partial charge in [0.15, 0.2) is 0 Å². The molecule has 5 heteroatoms. The summed E-state index contributed by atoms with van der Waals surface area (Å²) >= 11 is 7.34. The lowest BCUT2D eigenvalue weighted by molar-refractivity contribution is 0.305. The van der Waals surface area contributed by atoms with E-state index in [1.54, 1.807) is 29.7 Å². The molecule has 0 saturated carbocycles. The molecule has 84 valence electrons. The molecule has 3 nitrogen and oxygen atoms in total. The van der Waals surface area contributed by atoms with E-state index < -0.39 is 0 Å². The molecule has 0 unspecified atom stereocenters. The first-order valence-corrected chi connectivity index (χ1v) is 5.99. The van der Waals surface area contributed by atoms with Crippen LogP contribution in [0.3, 0.4) is 0 Å². The molecule has 1 aromatic heterocycles. The third-order valence-corrected chi connectivity index (χ3v) is 3.22. The van der Waals surface area contributed by atoms with Gasteiger partial charge in [0.2, 0.25) is 0 Å². The highest BCUT2D eigenvalue weighted by atomic mass is 35.5. The molecule has 1 heterocycles. The number of hydrogen-bond acceptors (Lipinski definition) is 4. The monoisotopic (exact) mass is 254 g/mol. The summed E-state index contributed by atoms with van der Waals surface area (Å²) < 4.78 is 5.55. The lowest BCUT2D eigenvalue weighted by Gasteiger charge is -2.03. The highest BCUT2D eigenvalue weighted by molar-refractivity contribution is 7.11. The Kier molecular flexibility index (Phi) is 3.77. The van der Waals surface area contributed by atoms with Crippen molar-refractivity contribution in [3.05, 3.63) is 45.4 Å². The van der Waals surface area contributed by atoms with Crippen LogP contribution in [0.5, 0.6) is 5.75 Å². The average Bonchev–Trinajstić information content (AvgIpc) is 2.76. The molecule has 0 aliphatic heterocycles. The standard InChI is InChI=1S/C11H11ClN2OS/c12-8-1-3-9(4-2-8)15-7-11-14-6-10(5-13)16-11/h1-4,6H,5,7,13H2. The number of hydrogen-bond donors (Lipinski definition) is 1. The second kappa shape index (κ2) is 5.30. The van der Waals surface area contributed by atoms with Crippen molar-refractivity contribution in [1.29, 1.82) is 0 Å². The van der Waals surface area contributed by atoms with Gasteiger partial charge in [0, 0.05) is 22.6 Å². The van der Waals surface area contributed by atoms with Crippen molar-refractivity contribution in [2.24, 2.45) is 5.73 Å². The summed E-state index contributed by atoms with van der Waals surface area (Å²) in [7, 11) is 0. The topological polar surface area (TPSA) is 48.1 Å². The quantitative estimate of drug-likeness (QED) is 0.913. The number of nitrogens with two attached hydrogens (primary N) is 1. The van der Waals surface area contributed by atoms with Crippen LogP contribution in [-0.4, -0.2) is 4.98 Å². The van der Waals surface area contributed by atoms with Crippen LogP contribution in [0.15, 0.2) is 30.5 Å². The Hall–Kier alpha value is -1.10. The van der Waals surface area contributed by atoms with Gasteiger partial charge < -0.3 is 10.5 Å². The molecule has 2 aromatic rings. The Morgan fingerprint density at radius 1 is 1.31 bits per heavy atom. The van der Waals surface area contributed by atoms with E-state index in [1.807, 2.05) is 12.1 Å². The molecule has 2 N–H and O–H groups in total. The molecule has 0 saturated heterocycles. The molecule has 0 radical (unpaired) electrons. The third-order valence-electron chi connectivity index (χ3n) is 1.98. The molecule has 0 fully saturated rings. The predicted octanol–water partition coefficient (Wildman–Crippen LogP) is 2.83. The zero-order valence-corrected chi connectivity index (χ0v) is 10.1. The van der Waals surface area contributed by atoms with Gasteiger partial charge in [-0.2, -0.15) is 0 Å². The van der Waals surface area contributed by atoms with Crippen molar-refractivity contribution >= 4 is 22.9 Å². The lowest BCUT2D eigenvalue weighted by Crippen LogP contribution is -1.94. The Morgan fingerprint density at radius 3 is 2.69 bits per heavy atom. The fraction of sp³-hybridized carbons (Fsp3) is 0.182. The van der Waals surface area contributed by atoms with Crippen LogP contribution in [0.25, 0.3) is 0 Å². The van der Waals surface area contributed by atoms with E-state index >= 15 is 0 Å². The molecule has 0 atom stereocenters. The summed E-state index contributed by atoms with van der Waals surface area (Å²) in [5, 5.41) is 1.63. The van der Waals surface area contributed by atoms with Crippen LogP contribution >= 0.6 is 22.9 Å². The van der Waals surface area contributed by atoms with E-state index in [0.717, 1.165) is 15.6 Å². The van der Waals surface area contributed by atoms with E-state index in [2.05, 4.69) is 4.98 Å². The zero-order chi connectivity index (χ0) is 11.4. The van der Waals surface area contributed by atoms with Crippen molar-refractivity contribution in [3.63, 3.8) is 0 Å². The van der Waals surface area contributed by atoms with E-state index in [9.17, 15) is 0 Å². The second-order valence-corrected chi connectivity index (χ2v) is 4.80. The number of aromatic nitrogens is 1.